The lowest BCUT2D eigenvalue weighted by Gasteiger charge is -2.07. The molecule has 0 aromatic heterocycles. The molecule has 0 unspecified atom stereocenters. The van der Waals surface area contributed by atoms with Crippen molar-refractivity contribution in [2.45, 2.75) is 6.92 Å². The summed E-state index contributed by atoms with van der Waals surface area (Å²) >= 11 is 0. The molecule has 17 heavy (non-hydrogen) atoms. The number of ketones is 1. The maximum Gasteiger partial charge on any atom is 0.160 e. The van der Waals surface area contributed by atoms with E-state index in [4.69, 9.17) is 5.26 Å². The number of hydrogen-bond acceptors (Lipinski definition) is 2. The van der Waals surface area contributed by atoms with Gasteiger partial charge in [0.1, 0.15) is 0 Å². The summed E-state index contributed by atoms with van der Waals surface area (Å²) in [6.45, 7) is 1.52. The number of hydrogen-bond donors (Lipinski definition) is 0. The van der Waals surface area contributed by atoms with Crippen molar-refractivity contribution in [2.24, 2.45) is 0 Å². The fourth-order valence-electron chi connectivity index (χ4n) is 1.77. The molecule has 2 aromatic rings. The molecule has 0 atom stereocenters. The SMILES string of the molecule is CC(=O)c1cc(C#N)ccc1-c1ccccc1. The smallest absolute Gasteiger partial charge is 0.160 e. The van der Waals surface area contributed by atoms with Gasteiger partial charge in [-0.05, 0) is 30.2 Å². The van der Waals surface area contributed by atoms with Crippen LogP contribution in [0.25, 0.3) is 11.1 Å². The Morgan fingerprint density at radius 3 is 2.41 bits per heavy atom. The maximum absolute atomic E-state index is 11.6. The van der Waals surface area contributed by atoms with Gasteiger partial charge in [-0.1, -0.05) is 36.4 Å². The number of carbonyl (C=O) groups is 1. The van der Waals surface area contributed by atoms with Gasteiger partial charge in [-0.3, -0.25) is 4.79 Å². The van der Waals surface area contributed by atoms with E-state index in [9.17, 15) is 4.79 Å². The van der Waals surface area contributed by atoms with E-state index in [-0.39, 0.29) is 5.78 Å². The van der Waals surface area contributed by atoms with Crippen molar-refractivity contribution in [3.63, 3.8) is 0 Å². The first-order valence-electron chi connectivity index (χ1n) is 5.33. The zero-order valence-corrected chi connectivity index (χ0v) is 9.47. The van der Waals surface area contributed by atoms with Gasteiger partial charge in [0.15, 0.2) is 5.78 Å². The van der Waals surface area contributed by atoms with E-state index in [2.05, 4.69) is 0 Å². The highest BCUT2D eigenvalue weighted by molar-refractivity contribution is 6.01. The van der Waals surface area contributed by atoms with Crippen molar-refractivity contribution in [1.29, 1.82) is 5.26 Å². The first kappa shape index (κ1) is 11.1. The highest BCUT2D eigenvalue weighted by atomic mass is 16.1. The average Bonchev–Trinajstić information content (AvgIpc) is 2.39. The van der Waals surface area contributed by atoms with E-state index in [1.54, 1.807) is 12.1 Å². The molecule has 0 spiro atoms. The second kappa shape index (κ2) is 4.63. The van der Waals surface area contributed by atoms with Crippen molar-refractivity contribution in [3.05, 3.63) is 59.7 Å². The van der Waals surface area contributed by atoms with Gasteiger partial charge >= 0.3 is 0 Å². The Bertz CT molecular complexity index is 594. The van der Waals surface area contributed by atoms with Gasteiger partial charge in [-0.25, -0.2) is 0 Å². The monoisotopic (exact) mass is 221 g/mol. The minimum absolute atomic E-state index is 0.0269. The minimum atomic E-state index is -0.0269. The van der Waals surface area contributed by atoms with Crippen LogP contribution in [0.3, 0.4) is 0 Å². The summed E-state index contributed by atoms with van der Waals surface area (Å²) in [6, 6.07) is 16.9. The van der Waals surface area contributed by atoms with Crippen LogP contribution < -0.4 is 0 Å². The molecule has 2 aromatic carbocycles. The van der Waals surface area contributed by atoms with Crippen LogP contribution in [0.2, 0.25) is 0 Å². The molecule has 2 rings (SSSR count). The van der Waals surface area contributed by atoms with Crippen LogP contribution in [0.4, 0.5) is 0 Å². The summed E-state index contributed by atoms with van der Waals surface area (Å²) in [7, 11) is 0. The largest absolute Gasteiger partial charge is 0.294 e. The molecule has 0 heterocycles. The van der Waals surface area contributed by atoms with Crippen LogP contribution in [0.5, 0.6) is 0 Å². The first-order chi connectivity index (χ1) is 8.22. The predicted molar refractivity (Wildman–Crippen MR) is 66.6 cm³/mol. The van der Waals surface area contributed by atoms with Crippen LogP contribution >= 0.6 is 0 Å². The molecule has 0 aliphatic heterocycles. The average molecular weight is 221 g/mol. The van der Waals surface area contributed by atoms with E-state index < -0.39 is 0 Å². The molecule has 0 saturated heterocycles. The third-order valence-electron chi connectivity index (χ3n) is 2.61. The zero-order chi connectivity index (χ0) is 12.3. The molecule has 0 fully saturated rings. The molecular weight excluding hydrogens is 210 g/mol. The Morgan fingerprint density at radius 1 is 1.12 bits per heavy atom. The quantitative estimate of drug-likeness (QED) is 0.729. The summed E-state index contributed by atoms with van der Waals surface area (Å²) in [5.41, 5.74) is 2.96. The minimum Gasteiger partial charge on any atom is -0.294 e. The van der Waals surface area contributed by atoms with Gasteiger partial charge in [-0.2, -0.15) is 5.26 Å². The Kier molecular flexibility index (Phi) is 3.02. The number of nitrogens with zero attached hydrogens (tertiary/aromatic N) is 1. The number of carbonyl (C=O) groups excluding carboxylic acids is 1. The molecule has 0 saturated carbocycles. The van der Waals surface area contributed by atoms with Crippen LogP contribution in [0.15, 0.2) is 48.5 Å². The van der Waals surface area contributed by atoms with Crippen LogP contribution in [-0.2, 0) is 0 Å². The molecule has 2 heteroatoms. The summed E-state index contributed by atoms with van der Waals surface area (Å²) in [6.07, 6.45) is 0. The maximum atomic E-state index is 11.6. The number of benzene rings is 2. The second-order valence-electron chi connectivity index (χ2n) is 3.79. The standard InChI is InChI=1S/C15H11NO/c1-11(17)15-9-12(10-16)7-8-14(15)13-5-3-2-4-6-13/h2-9H,1H3. The van der Waals surface area contributed by atoms with Crippen LogP contribution in [-0.4, -0.2) is 5.78 Å². The topological polar surface area (TPSA) is 40.9 Å². The summed E-state index contributed by atoms with van der Waals surface area (Å²) < 4.78 is 0. The van der Waals surface area contributed by atoms with Gasteiger partial charge < -0.3 is 0 Å². The molecule has 0 radical (unpaired) electrons. The van der Waals surface area contributed by atoms with E-state index in [1.165, 1.54) is 6.92 Å². The van der Waals surface area contributed by atoms with Crippen molar-refractivity contribution >= 4 is 5.78 Å². The van der Waals surface area contributed by atoms with Gasteiger partial charge in [0, 0.05) is 5.56 Å². The third kappa shape index (κ3) is 2.24. The lowest BCUT2D eigenvalue weighted by molar-refractivity contribution is 0.101. The molecule has 0 aliphatic rings. The molecule has 0 bridgehead atoms. The lowest BCUT2D eigenvalue weighted by atomic mass is 9.96. The van der Waals surface area contributed by atoms with Gasteiger partial charge in [0.25, 0.3) is 0 Å². The van der Waals surface area contributed by atoms with E-state index in [0.29, 0.717) is 11.1 Å². The van der Waals surface area contributed by atoms with Gasteiger partial charge in [0.2, 0.25) is 0 Å². The first-order valence-corrected chi connectivity index (χ1v) is 5.33. The molecular formula is C15H11NO. The van der Waals surface area contributed by atoms with Crippen molar-refractivity contribution in [3.8, 4) is 17.2 Å². The van der Waals surface area contributed by atoms with E-state index in [0.717, 1.165) is 11.1 Å². The predicted octanol–water partition coefficient (Wildman–Crippen LogP) is 3.43. The van der Waals surface area contributed by atoms with E-state index >= 15 is 0 Å². The Labute approximate surface area is 100 Å². The molecule has 82 valence electrons. The van der Waals surface area contributed by atoms with E-state index in [1.807, 2.05) is 42.5 Å². The zero-order valence-electron chi connectivity index (χ0n) is 9.47. The van der Waals surface area contributed by atoms with Gasteiger partial charge in [-0.15, -0.1) is 0 Å². The van der Waals surface area contributed by atoms with Crippen LogP contribution in [0, 0.1) is 11.3 Å². The summed E-state index contributed by atoms with van der Waals surface area (Å²) in [5, 5.41) is 8.84. The highest BCUT2D eigenvalue weighted by Crippen LogP contribution is 2.24. The molecule has 0 N–H and O–H groups in total. The fourth-order valence-corrected chi connectivity index (χ4v) is 1.77. The number of rotatable bonds is 2. The third-order valence-corrected chi connectivity index (χ3v) is 2.61. The summed E-state index contributed by atoms with van der Waals surface area (Å²) in [5.74, 6) is -0.0269. The second-order valence-corrected chi connectivity index (χ2v) is 3.79. The number of nitriles is 1. The summed E-state index contributed by atoms with van der Waals surface area (Å²) in [4.78, 5) is 11.6. The Balaban J connectivity index is 2.63. The van der Waals surface area contributed by atoms with Crippen molar-refractivity contribution in [2.75, 3.05) is 0 Å². The van der Waals surface area contributed by atoms with Crippen molar-refractivity contribution < 1.29 is 4.79 Å². The normalized spacial score (nSPS) is 9.65. The molecule has 0 aliphatic carbocycles. The van der Waals surface area contributed by atoms with Crippen LogP contribution in [0.1, 0.15) is 22.8 Å². The Hall–Kier alpha value is -2.40. The lowest BCUT2D eigenvalue weighted by Crippen LogP contribution is -1.97. The fraction of sp³-hybridized carbons (Fsp3) is 0.0667. The highest BCUT2D eigenvalue weighted by Gasteiger charge is 2.09. The van der Waals surface area contributed by atoms with Gasteiger partial charge in [0.05, 0.1) is 11.6 Å². The molecule has 0 amide bonds. The van der Waals surface area contributed by atoms with Crippen molar-refractivity contribution in [1.82, 2.24) is 0 Å². The Morgan fingerprint density at radius 2 is 1.82 bits per heavy atom. The molecule has 2 nitrogen and oxygen atoms in total. The number of Topliss-reactive ketones (excluding diaryl/α,β-unsaturated/α-hetero) is 1.